The summed E-state index contributed by atoms with van der Waals surface area (Å²) in [5, 5.41) is 0. The molecule has 132 valence electrons. The van der Waals surface area contributed by atoms with Gasteiger partial charge in [-0.25, -0.2) is 0 Å². The van der Waals surface area contributed by atoms with Crippen molar-refractivity contribution in [3.63, 3.8) is 0 Å². The zero-order chi connectivity index (χ0) is 18.6. The molecule has 1 aliphatic rings. The van der Waals surface area contributed by atoms with Gasteiger partial charge in [-0.3, -0.25) is 19.5 Å². The minimum Gasteiger partial charge on any atom is -0.269 e. The molecule has 5 heteroatoms. The Morgan fingerprint density at radius 2 is 1.52 bits per heavy atom. The van der Waals surface area contributed by atoms with Crippen LogP contribution in [0.2, 0.25) is 0 Å². The number of pyridine rings is 1. The summed E-state index contributed by atoms with van der Waals surface area (Å²) in [4.78, 5) is 33.0. The Bertz CT molecular complexity index is 1000. The lowest BCUT2D eigenvalue weighted by Crippen LogP contribution is -2.30. The number of hydrogen-bond acceptors (Lipinski definition) is 4. The first-order chi connectivity index (χ1) is 13.2. The van der Waals surface area contributed by atoms with Crippen LogP contribution in [0, 0.1) is 0 Å². The van der Waals surface area contributed by atoms with Crippen molar-refractivity contribution in [1.29, 1.82) is 0 Å². The Kier molecular flexibility index (Phi) is 4.85. The second kappa shape index (κ2) is 7.60. The molecule has 0 fully saturated rings. The third kappa shape index (κ3) is 3.55. The molecule has 2 heterocycles. The number of imide groups is 1. The van der Waals surface area contributed by atoms with Crippen LogP contribution in [0.1, 0.15) is 11.1 Å². The maximum Gasteiger partial charge on any atom is 0.268 e. The lowest BCUT2D eigenvalue weighted by Gasteiger charge is -2.15. The Morgan fingerprint density at radius 1 is 0.815 bits per heavy atom. The highest BCUT2D eigenvalue weighted by molar-refractivity contribution is 8.04. The van der Waals surface area contributed by atoms with Gasteiger partial charge in [-0.2, -0.15) is 0 Å². The molecule has 2 amide bonds. The van der Waals surface area contributed by atoms with Crippen LogP contribution < -0.4 is 0 Å². The number of aromatic nitrogens is 1. The number of carbonyl (C=O) groups excluding carboxylic acids is 2. The van der Waals surface area contributed by atoms with E-state index in [1.54, 1.807) is 18.5 Å². The molecular formula is C22H16N2O2S. The van der Waals surface area contributed by atoms with Crippen molar-refractivity contribution in [3.8, 4) is 0 Å². The van der Waals surface area contributed by atoms with E-state index >= 15 is 0 Å². The van der Waals surface area contributed by atoms with E-state index in [2.05, 4.69) is 4.98 Å². The second-order valence-electron chi connectivity index (χ2n) is 6.04. The van der Waals surface area contributed by atoms with Crippen LogP contribution in [0.3, 0.4) is 0 Å². The van der Waals surface area contributed by atoms with Crippen LogP contribution in [0.4, 0.5) is 0 Å². The molecular weight excluding hydrogens is 356 g/mol. The predicted octanol–water partition coefficient (Wildman–Crippen LogP) is 4.15. The summed E-state index contributed by atoms with van der Waals surface area (Å²) in [7, 11) is 0. The first kappa shape index (κ1) is 17.2. The maximum absolute atomic E-state index is 13.1. The average Bonchev–Trinajstić information content (AvgIpc) is 2.94. The van der Waals surface area contributed by atoms with Crippen LogP contribution in [-0.4, -0.2) is 21.7 Å². The first-order valence-corrected chi connectivity index (χ1v) is 9.33. The number of hydrogen-bond donors (Lipinski definition) is 0. The summed E-state index contributed by atoms with van der Waals surface area (Å²) < 4.78 is 0. The maximum atomic E-state index is 13.1. The lowest BCUT2D eigenvalue weighted by molar-refractivity contribution is -0.137. The fourth-order valence-electron chi connectivity index (χ4n) is 2.93. The highest BCUT2D eigenvalue weighted by Crippen LogP contribution is 2.40. The van der Waals surface area contributed by atoms with Gasteiger partial charge in [0.1, 0.15) is 0 Å². The Morgan fingerprint density at radius 3 is 2.19 bits per heavy atom. The second-order valence-corrected chi connectivity index (χ2v) is 7.13. The molecule has 2 aromatic carbocycles. The highest BCUT2D eigenvalue weighted by Gasteiger charge is 2.39. The highest BCUT2D eigenvalue weighted by atomic mass is 32.2. The van der Waals surface area contributed by atoms with Crippen LogP contribution in [0.5, 0.6) is 0 Å². The summed E-state index contributed by atoms with van der Waals surface area (Å²) in [6.45, 7) is 0.209. The van der Waals surface area contributed by atoms with Gasteiger partial charge < -0.3 is 0 Å². The fraction of sp³-hybridized carbons (Fsp3) is 0.0455. The number of rotatable bonds is 5. The third-order valence-electron chi connectivity index (χ3n) is 4.21. The first-order valence-electron chi connectivity index (χ1n) is 8.52. The topological polar surface area (TPSA) is 50.3 Å². The fourth-order valence-corrected chi connectivity index (χ4v) is 3.97. The molecule has 0 unspecified atom stereocenters. The number of thioether (sulfide) groups is 1. The average molecular weight is 372 g/mol. The minimum atomic E-state index is -0.270. The van der Waals surface area contributed by atoms with E-state index in [9.17, 15) is 9.59 Å². The van der Waals surface area contributed by atoms with E-state index in [4.69, 9.17) is 0 Å². The van der Waals surface area contributed by atoms with Crippen molar-refractivity contribution < 1.29 is 9.59 Å². The van der Waals surface area contributed by atoms with Crippen molar-refractivity contribution in [2.24, 2.45) is 0 Å². The summed E-state index contributed by atoms with van der Waals surface area (Å²) in [5.74, 6) is -0.537. The van der Waals surface area contributed by atoms with Crippen LogP contribution >= 0.6 is 11.8 Å². The molecule has 0 saturated heterocycles. The van der Waals surface area contributed by atoms with Gasteiger partial charge >= 0.3 is 0 Å². The molecule has 4 rings (SSSR count). The Balaban J connectivity index is 1.73. The van der Waals surface area contributed by atoms with E-state index in [0.29, 0.717) is 10.5 Å². The smallest absolute Gasteiger partial charge is 0.268 e. The van der Waals surface area contributed by atoms with Crippen molar-refractivity contribution >= 4 is 29.1 Å². The summed E-state index contributed by atoms with van der Waals surface area (Å²) in [5.41, 5.74) is 2.03. The zero-order valence-electron chi connectivity index (χ0n) is 14.4. The molecule has 1 aromatic heterocycles. The predicted molar refractivity (Wildman–Crippen MR) is 105 cm³/mol. The molecule has 0 spiro atoms. The van der Waals surface area contributed by atoms with Gasteiger partial charge in [-0.1, -0.05) is 66.4 Å². The van der Waals surface area contributed by atoms with E-state index in [1.165, 1.54) is 16.7 Å². The van der Waals surface area contributed by atoms with Gasteiger partial charge in [-0.15, -0.1) is 0 Å². The zero-order valence-corrected chi connectivity index (χ0v) is 15.2. The third-order valence-corrected chi connectivity index (χ3v) is 5.31. The van der Waals surface area contributed by atoms with Gasteiger partial charge in [0.05, 0.1) is 17.0 Å². The van der Waals surface area contributed by atoms with E-state index in [-0.39, 0.29) is 18.4 Å². The summed E-state index contributed by atoms with van der Waals surface area (Å²) in [6.07, 6.45) is 3.34. The lowest BCUT2D eigenvalue weighted by atomic mass is 10.1. The number of carbonyl (C=O) groups is 2. The van der Waals surface area contributed by atoms with E-state index < -0.39 is 0 Å². The van der Waals surface area contributed by atoms with Crippen LogP contribution in [0.25, 0.3) is 5.57 Å². The van der Waals surface area contributed by atoms with Crippen molar-refractivity contribution in [2.75, 3.05) is 0 Å². The summed E-state index contributed by atoms with van der Waals surface area (Å²) >= 11 is 1.33. The summed E-state index contributed by atoms with van der Waals surface area (Å²) in [6, 6.07) is 22.6. The minimum absolute atomic E-state index is 0.209. The van der Waals surface area contributed by atoms with Gasteiger partial charge in [0, 0.05) is 17.3 Å². The van der Waals surface area contributed by atoms with Gasteiger partial charge in [0.25, 0.3) is 11.8 Å². The molecule has 0 saturated carbocycles. The molecule has 0 atom stereocenters. The van der Waals surface area contributed by atoms with Crippen LogP contribution in [-0.2, 0) is 16.1 Å². The SMILES string of the molecule is O=C1C(Sc2ccccc2)=C(c2ccccc2)C(=O)N1Cc1cccnc1. The molecule has 0 aliphatic carbocycles. The van der Waals surface area contributed by atoms with Crippen LogP contribution in [0.15, 0.2) is 95.0 Å². The normalized spacial score (nSPS) is 14.1. The van der Waals surface area contributed by atoms with E-state index in [1.807, 2.05) is 66.7 Å². The molecule has 27 heavy (non-hydrogen) atoms. The molecule has 1 aliphatic heterocycles. The molecule has 0 bridgehead atoms. The quantitative estimate of drug-likeness (QED) is 0.631. The standard InChI is InChI=1S/C22H16N2O2S/c25-21-19(17-9-3-1-4-10-17)20(27-18-11-5-2-6-12-18)22(26)24(21)15-16-8-7-13-23-14-16/h1-14H,15H2. The van der Waals surface area contributed by atoms with Gasteiger partial charge in [0.15, 0.2) is 0 Å². The van der Waals surface area contributed by atoms with Crippen molar-refractivity contribution in [3.05, 3.63) is 101 Å². The number of benzene rings is 2. The van der Waals surface area contributed by atoms with Crippen molar-refractivity contribution in [1.82, 2.24) is 9.88 Å². The molecule has 3 aromatic rings. The Labute approximate surface area is 161 Å². The monoisotopic (exact) mass is 372 g/mol. The number of amides is 2. The molecule has 4 nitrogen and oxygen atoms in total. The van der Waals surface area contributed by atoms with Gasteiger partial charge in [-0.05, 0) is 29.3 Å². The number of nitrogens with zero attached hydrogens (tertiary/aromatic N) is 2. The Hall–Kier alpha value is -3.18. The van der Waals surface area contributed by atoms with Gasteiger partial charge in [0.2, 0.25) is 0 Å². The van der Waals surface area contributed by atoms with Crippen molar-refractivity contribution in [2.45, 2.75) is 11.4 Å². The van der Waals surface area contributed by atoms with E-state index in [0.717, 1.165) is 16.0 Å². The largest absolute Gasteiger partial charge is 0.269 e. The molecule has 0 N–H and O–H groups in total. The molecule has 0 radical (unpaired) electrons.